The number of hydrogen-bond acceptors (Lipinski definition) is 4. The Kier molecular flexibility index (Phi) is 4.86. The number of hydrogen-bond donors (Lipinski definition) is 2. The fraction of sp³-hybridized carbons (Fsp3) is 0.318. The van der Waals surface area contributed by atoms with Crippen LogP contribution in [0.15, 0.2) is 41.5 Å². The normalized spacial score (nSPS) is 12.9. The number of carbonyl (C=O) groups excluding carboxylic acids is 1. The van der Waals surface area contributed by atoms with E-state index in [4.69, 9.17) is 0 Å². The van der Waals surface area contributed by atoms with Gasteiger partial charge >= 0.3 is 0 Å². The average molecular weight is 377 g/mol. The summed E-state index contributed by atoms with van der Waals surface area (Å²) in [5.74, 6) is -0.838. The minimum absolute atomic E-state index is 0.204. The first-order chi connectivity index (χ1) is 13.6. The summed E-state index contributed by atoms with van der Waals surface area (Å²) >= 11 is 0. The number of aromatic nitrogens is 2. The van der Waals surface area contributed by atoms with Crippen LogP contribution >= 0.6 is 0 Å². The second-order valence-electron chi connectivity index (χ2n) is 7.23. The first kappa shape index (κ1) is 18.2. The molecule has 0 unspecified atom stereocenters. The van der Waals surface area contributed by atoms with Gasteiger partial charge in [0.25, 0.3) is 11.5 Å². The number of unbranched alkanes of at least 4 members (excludes halogenated alkanes) is 1. The molecule has 6 nitrogen and oxygen atoms in total. The van der Waals surface area contributed by atoms with Crippen molar-refractivity contribution in [3.8, 4) is 5.75 Å². The molecular formula is C22H23N3O3. The predicted octanol–water partition coefficient (Wildman–Crippen LogP) is 3.64. The number of nitrogens with one attached hydrogen (secondary N) is 1. The van der Waals surface area contributed by atoms with Crippen LogP contribution in [0.2, 0.25) is 0 Å². The summed E-state index contributed by atoms with van der Waals surface area (Å²) in [5, 5.41) is 14.2. The maximum atomic E-state index is 13.0. The van der Waals surface area contributed by atoms with Crippen LogP contribution in [0.5, 0.6) is 5.75 Å². The number of anilines is 1. The van der Waals surface area contributed by atoms with E-state index >= 15 is 0 Å². The van der Waals surface area contributed by atoms with E-state index in [1.54, 1.807) is 29.1 Å². The number of aryl methyl sites for hydroxylation is 3. The highest BCUT2D eigenvalue weighted by Crippen LogP contribution is 2.33. The molecular weight excluding hydrogens is 354 g/mol. The van der Waals surface area contributed by atoms with Crippen molar-refractivity contribution in [2.75, 3.05) is 5.32 Å². The molecule has 2 aromatic heterocycles. The van der Waals surface area contributed by atoms with Gasteiger partial charge in [0.2, 0.25) is 0 Å². The number of rotatable bonds is 5. The molecule has 0 atom stereocenters. The van der Waals surface area contributed by atoms with E-state index < -0.39 is 11.5 Å². The number of nitrogens with zero attached hydrogens (tertiary/aromatic N) is 2. The van der Waals surface area contributed by atoms with Gasteiger partial charge in [-0.05, 0) is 55.0 Å². The van der Waals surface area contributed by atoms with Gasteiger partial charge in [-0.2, -0.15) is 0 Å². The van der Waals surface area contributed by atoms with E-state index in [0.717, 1.165) is 48.7 Å². The minimum atomic E-state index is -0.606. The van der Waals surface area contributed by atoms with Gasteiger partial charge in [-0.15, -0.1) is 0 Å². The largest absolute Gasteiger partial charge is 0.506 e. The third kappa shape index (κ3) is 3.15. The summed E-state index contributed by atoms with van der Waals surface area (Å²) < 4.78 is 1.64. The molecule has 6 heteroatoms. The highest BCUT2D eigenvalue weighted by Gasteiger charge is 2.25. The van der Waals surface area contributed by atoms with Crippen molar-refractivity contribution in [2.24, 2.45) is 0 Å². The molecule has 3 heterocycles. The van der Waals surface area contributed by atoms with Crippen LogP contribution in [0.1, 0.15) is 47.7 Å². The first-order valence-electron chi connectivity index (χ1n) is 9.72. The number of aromatic hydroxyl groups is 1. The molecule has 3 aromatic rings. The molecule has 0 saturated carbocycles. The van der Waals surface area contributed by atoms with Crippen LogP contribution in [0.3, 0.4) is 0 Å². The van der Waals surface area contributed by atoms with Crippen molar-refractivity contribution in [1.82, 2.24) is 9.55 Å². The number of benzene rings is 1. The van der Waals surface area contributed by atoms with Crippen LogP contribution in [0, 0.1) is 0 Å². The van der Waals surface area contributed by atoms with Crippen LogP contribution in [0.25, 0.3) is 10.9 Å². The fourth-order valence-corrected chi connectivity index (χ4v) is 3.92. The first-order valence-corrected chi connectivity index (χ1v) is 9.72. The summed E-state index contributed by atoms with van der Waals surface area (Å²) in [5.41, 5.74) is 2.84. The Bertz CT molecular complexity index is 1100. The lowest BCUT2D eigenvalue weighted by molar-refractivity contribution is 0.102. The highest BCUT2D eigenvalue weighted by molar-refractivity contribution is 6.09. The van der Waals surface area contributed by atoms with Crippen LogP contribution in [-0.2, 0) is 19.4 Å². The van der Waals surface area contributed by atoms with Crippen LogP contribution in [0.4, 0.5) is 5.69 Å². The topological polar surface area (TPSA) is 84.2 Å². The number of carbonyl (C=O) groups is 1. The van der Waals surface area contributed by atoms with E-state index in [1.165, 1.54) is 0 Å². The molecule has 0 fully saturated rings. The van der Waals surface area contributed by atoms with E-state index in [-0.39, 0.29) is 11.3 Å². The molecule has 2 N–H and O–H groups in total. The number of pyridine rings is 2. The average Bonchev–Trinajstić information content (AvgIpc) is 2.71. The molecule has 4 rings (SSSR count). The molecule has 0 bridgehead atoms. The Morgan fingerprint density at radius 1 is 1.29 bits per heavy atom. The molecule has 144 valence electrons. The van der Waals surface area contributed by atoms with Crippen molar-refractivity contribution in [2.45, 2.75) is 45.6 Å². The Balaban J connectivity index is 1.88. The van der Waals surface area contributed by atoms with E-state index in [9.17, 15) is 14.7 Å². The second kappa shape index (κ2) is 7.46. The fourth-order valence-electron chi connectivity index (χ4n) is 3.92. The quantitative estimate of drug-likeness (QED) is 0.711. The van der Waals surface area contributed by atoms with E-state index in [1.807, 2.05) is 6.07 Å². The zero-order valence-corrected chi connectivity index (χ0v) is 15.9. The lowest BCUT2D eigenvalue weighted by Gasteiger charge is -2.22. The van der Waals surface area contributed by atoms with Crippen LogP contribution < -0.4 is 10.9 Å². The van der Waals surface area contributed by atoms with Crippen molar-refractivity contribution in [1.29, 1.82) is 0 Å². The van der Waals surface area contributed by atoms with Gasteiger partial charge in [0.15, 0.2) is 0 Å². The second-order valence-corrected chi connectivity index (χ2v) is 7.23. The van der Waals surface area contributed by atoms with E-state index in [0.29, 0.717) is 17.6 Å². The molecule has 0 saturated heterocycles. The van der Waals surface area contributed by atoms with E-state index in [2.05, 4.69) is 23.3 Å². The SMILES string of the molecule is CCCCc1cc2c3c(c1)c(O)c(C(=O)Nc1ccncc1)c(=O)n3CCC2. The molecule has 1 aliphatic heterocycles. The Morgan fingerprint density at radius 2 is 2.07 bits per heavy atom. The Labute approximate surface area is 162 Å². The maximum Gasteiger partial charge on any atom is 0.267 e. The van der Waals surface area contributed by atoms with Crippen molar-refractivity contribution >= 4 is 22.5 Å². The third-order valence-corrected chi connectivity index (χ3v) is 5.28. The molecule has 28 heavy (non-hydrogen) atoms. The smallest absolute Gasteiger partial charge is 0.267 e. The summed E-state index contributed by atoms with van der Waals surface area (Å²) in [7, 11) is 0. The molecule has 1 amide bonds. The molecule has 1 aromatic carbocycles. The summed E-state index contributed by atoms with van der Waals surface area (Å²) in [6, 6.07) is 7.34. The molecule has 0 radical (unpaired) electrons. The molecule has 0 aliphatic carbocycles. The van der Waals surface area contributed by atoms with Gasteiger partial charge in [0.05, 0.1) is 5.52 Å². The zero-order valence-electron chi connectivity index (χ0n) is 15.9. The molecule has 0 spiro atoms. The van der Waals surface area contributed by atoms with Gasteiger partial charge in [0.1, 0.15) is 11.3 Å². The zero-order chi connectivity index (χ0) is 19.7. The lowest BCUT2D eigenvalue weighted by atomic mass is 9.94. The van der Waals surface area contributed by atoms with Gasteiger partial charge < -0.3 is 15.0 Å². The van der Waals surface area contributed by atoms with Gasteiger partial charge in [-0.3, -0.25) is 14.6 Å². The lowest BCUT2D eigenvalue weighted by Crippen LogP contribution is -2.31. The van der Waals surface area contributed by atoms with Gasteiger partial charge in [-0.25, -0.2) is 0 Å². The summed E-state index contributed by atoms with van der Waals surface area (Å²) in [6.07, 6.45) is 7.88. The summed E-state index contributed by atoms with van der Waals surface area (Å²) in [4.78, 5) is 29.8. The standard InChI is InChI=1S/C22H23N3O3/c1-2-3-5-14-12-15-6-4-11-25-19(15)17(13-14)20(26)18(22(25)28)21(27)24-16-7-9-23-10-8-16/h7-10,12-13,26H,2-6,11H2,1H3,(H,23,24,27). The van der Waals surface area contributed by atoms with Crippen molar-refractivity contribution in [3.63, 3.8) is 0 Å². The minimum Gasteiger partial charge on any atom is -0.506 e. The Morgan fingerprint density at radius 3 is 2.82 bits per heavy atom. The highest BCUT2D eigenvalue weighted by atomic mass is 16.3. The predicted molar refractivity (Wildman–Crippen MR) is 109 cm³/mol. The van der Waals surface area contributed by atoms with Crippen LogP contribution in [-0.4, -0.2) is 20.6 Å². The summed E-state index contributed by atoms with van der Waals surface area (Å²) in [6.45, 7) is 2.69. The Hall–Kier alpha value is -3.15. The third-order valence-electron chi connectivity index (χ3n) is 5.28. The van der Waals surface area contributed by atoms with Gasteiger partial charge in [0, 0.05) is 30.0 Å². The monoisotopic (exact) mass is 377 g/mol. The maximum absolute atomic E-state index is 13.0. The van der Waals surface area contributed by atoms with Gasteiger partial charge in [-0.1, -0.05) is 19.4 Å². The van der Waals surface area contributed by atoms with Crippen molar-refractivity contribution in [3.05, 3.63) is 63.7 Å². The number of amides is 1. The van der Waals surface area contributed by atoms with Crippen molar-refractivity contribution < 1.29 is 9.90 Å². The molecule has 1 aliphatic rings.